The zero-order valence-corrected chi connectivity index (χ0v) is 18.1. The first kappa shape index (κ1) is 24.2. The van der Waals surface area contributed by atoms with E-state index < -0.39 is 42.4 Å². The highest BCUT2D eigenvalue weighted by atomic mass is 19.4. The molecule has 0 radical (unpaired) electrons. The first-order valence-corrected chi connectivity index (χ1v) is 10.6. The van der Waals surface area contributed by atoms with Crippen molar-refractivity contribution in [1.29, 1.82) is 0 Å². The van der Waals surface area contributed by atoms with Crippen molar-refractivity contribution in [2.45, 2.75) is 25.3 Å². The lowest BCUT2D eigenvalue weighted by molar-refractivity contribution is -0.274. The van der Waals surface area contributed by atoms with E-state index in [4.69, 9.17) is 9.47 Å². The largest absolute Gasteiger partial charge is 0.573 e. The number of ether oxygens (including phenoxy) is 3. The maximum absolute atomic E-state index is 12.7. The van der Waals surface area contributed by atoms with Gasteiger partial charge < -0.3 is 19.5 Å². The molecule has 0 aromatic heterocycles. The van der Waals surface area contributed by atoms with E-state index in [2.05, 4.69) is 10.1 Å². The monoisotopic (exact) mass is 492 g/mol. The number of esters is 1. The summed E-state index contributed by atoms with van der Waals surface area (Å²) in [6.45, 7) is 0.0273. The second-order valence-electron chi connectivity index (χ2n) is 7.81. The molecule has 1 unspecified atom stereocenters. The number of halogens is 3. The van der Waals surface area contributed by atoms with Crippen LogP contribution in [0.1, 0.15) is 43.9 Å². The average Bonchev–Trinajstić information content (AvgIpc) is 3.40. The standard InChI is InChI=1S/C23H19F3N2O7/c24-23(25,26)35-15-6-4-14(5-7-15)27-19(29)12-34-22(32)13-3-8-17-18(10-13)21(31)28(20(17)30)11-16-2-1-9-33-16/h3-8,10,16H,1-2,9,11-12H2,(H,27,29). The third kappa shape index (κ3) is 5.77. The van der Waals surface area contributed by atoms with Crippen molar-refractivity contribution in [1.82, 2.24) is 4.90 Å². The lowest BCUT2D eigenvalue weighted by atomic mass is 10.1. The summed E-state index contributed by atoms with van der Waals surface area (Å²) >= 11 is 0. The molecule has 184 valence electrons. The third-order valence-electron chi connectivity index (χ3n) is 5.32. The summed E-state index contributed by atoms with van der Waals surface area (Å²) in [6, 6.07) is 8.31. The van der Waals surface area contributed by atoms with Gasteiger partial charge in [0.1, 0.15) is 5.75 Å². The summed E-state index contributed by atoms with van der Waals surface area (Å²) in [5.74, 6) is -3.09. The average molecular weight is 492 g/mol. The van der Waals surface area contributed by atoms with Gasteiger partial charge >= 0.3 is 12.3 Å². The third-order valence-corrected chi connectivity index (χ3v) is 5.32. The molecule has 0 saturated carbocycles. The maximum atomic E-state index is 12.7. The predicted molar refractivity (Wildman–Crippen MR) is 113 cm³/mol. The number of hydrogen-bond donors (Lipinski definition) is 1. The normalized spacial score (nSPS) is 17.3. The Labute approximate surface area is 196 Å². The molecule has 0 spiro atoms. The highest BCUT2D eigenvalue weighted by Crippen LogP contribution is 2.27. The van der Waals surface area contributed by atoms with Crippen LogP contribution in [0, 0.1) is 0 Å². The minimum atomic E-state index is -4.84. The highest BCUT2D eigenvalue weighted by molar-refractivity contribution is 6.22. The van der Waals surface area contributed by atoms with Gasteiger partial charge in [0.2, 0.25) is 0 Å². The first-order chi connectivity index (χ1) is 16.6. The molecule has 0 bridgehead atoms. The van der Waals surface area contributed by atoms with Gasteiger partial charge in [0.15, 0.2) is 6.61 Å². The van der Waals surface area contributed by atoms with Gasteiger partial charge in [-0.15, -0.1) is 13.2 Å². The Morgan fingerprint density at radius 1 is 1.06 bits per heavy atom. The fourth-order valence-electron chi connectivity index (χ4n) is 3.73. The van der Waals surface area contributed by atoms with Crippen LogP contribution < -0.4 is 10.1 Å². The quantitative estimate of drug-likeness (QED) is 0.467. The van der Waals surface area contributed by atoms with Gasteiger partial charge in [0.25, 0.3) is 17.7 Å². The summed E-state index contributed by atoms with van der Waals surface area (Å²) in [6.07, 6.45) is -3.45. The molecule has 1 saturated heterocycles. The number of anilines is 1. The van der Waals surface area contributed by atoms with Crippen LogP contribution in [-0.2, 0) is 14.3 Å². The van der Waals surface area contributed by atoms with Crippen molar-refractivity contribution in [3.05, 3.63) is 59.2 Å². The number of benzene rings is 2. The zero-order valence-electron chi connectivity index (χ0n) is 18.1. The Kier molecular flexibility index (Phi) is 6.74. The van der Waals surface area contributed by atoms with Crippen LogP contribution in [-0.4, -0.2) is 60.8 Å². The Morgan fingerprint density at radius 3 is 2.43 bits per heavy atom. The van der Waals surface area contributed by atoms with Gasteiger partial charge in [0, 0.05) is 12.3 Å². The summed E-state index contributed by atoms with van der Waals surface area (Å²) in [7, 11) is 0. The van der Waals surface area contributed by atoms with Crippen molar-refractivity contribution in [2.75, 3.05) is 25.1 Å². The van der Waals surface area contributed by atoms with Gasteiger partial charge in [-0.1, -0.05) is 0 Å². The van der Waals surface area contributed by atoms with E-state index in [9.17, 15) is 32.3 Å². The molecule has 2 aromatic carbocycles. The molecule has 2 aliphatic heterocycles. The first-order valence-electron chi connectivity index (χ1n) is 10.6. The van der Waals surface area contributed by atoms with Crippen molar-refractivity contribution < 1.29 is 46.6 Å². The van der Waals surface area contributed by atoms with Crippen LogP contribution in [0.25, 0.3) is 0 Å². The van der Waals surface area contributed by atoms with Crippen LogP contribution in [0.2, 0.25) is 0 Å². The number of amides is 3. The predicted octanol–water partition coefficient (Wildman–Crippen LogP) is 3.16. The van der Waals surface area contributed by atoms with E-state index in [1.807, 2.05) is 0 Å². The molecule has 4 rings (SSSR count). The lowest BCUT2D eigenvalue weighted by Gasteiger charge is -2.17. The fourth-order valence-corrected chi connectivity index (χ4v) is 3.73. The van der Waals surface area contributed by atoms with E-state index in [0.29, 0.717) is 6.61 Å². The van der Waals surface area contributed by atoms with Crippen LogP contribution in [0.4, 0.5) is 18.9 Å². The number of imide groups is 1. The van der Waals surface area contributed by atoms with E-state index in [-0.39, 0.29) is 35.0 Å². The number of rotatable bonds is 7. The molecule has 2 aliphatic rings. The van der Waals surface area contributed by atoms with Crippen molar-refractivity contribution in [3.63, 3.8) is 0 Å². The molecule has 1 fully saturated rings. The molecule has 0 aliphatic carbocycles. The van der Waals surface area contributed by atoms with Gasteiger partial charge in [-0.25, -0.2) is 4.79 Å². The summed E-state index contributed by atoms with van der Waals surface area (Å²) in [5.41, 5.74) is 0.368. The molecule has 1 atom stereocenters. The number of nitrogens with one attached hydrogen (secondary N) is 1. The van der Waals surface area contributed by atoms with Crippen molar-refractivity contribution in [3.8, 4) is 5.75 Å². The highest BCUT2D eigenvalue weighted by Gasteiger charge is 2.38. The summed E-state index contributed by atoms with van der Waals surface area (Å²) in [5, 5.41) is 2.36. The van der Waals surface area contributed by atoms with Crippen LogP contribution in [0.5, 0.6) is 5.75 Å². The van der Waals surface area contributed by atoms with Crippen molar-refractivity contribution in [2.24, 2.45) is 0 Å². The van der Waals surface area contributed by atoms with Crippen LogP contribution in [0.15, 0.2) is 42.5 Å². The van der Waals surface area contributed by atoms with E-state index in [1.165, 1.54) is 30.3 Å². The van der Waals surface area contributed by atoms with Gasteiger partial charge in [-0.3, -0.25) is 19.3 Å². The number of alkyl halides is 3. The van der Waals surface area contributed by atoms with Crippen LogP contribution >= 0.6 is 0 Å². The Bertz CT molecular complexity index is 1160. The molecular weight excluding hydrogens is 473 g/mol. The lowest BCUT2D eigenvalue weighted by Crippen LogP contribution is -2.36. The zero-order chi connectivity index (χ0) is 25.2. The van der Waals surface area contributed by atoms with Gasteiger partial charge in [-0.2, -0.15) is 0 Å². The molecule has 35 heavy (non-hydrogen) atoms. The Morgan fingerprint density at radius 2 is 1.77 bits per heavy atom. The van der Waals surface area contributed by atoms with E-state index in [1.54, 1.807) is 0 Å². The molecule has 2 heterocycles. The minimum absolute atomic E-state index is 0.0229. The SMILES string of the molecule is O=C(COC(=O)c1ccc2c(c1)C(=O)N(CC1CCCO1)C2=O)Nc1ccc(OC(F)(F)F)cc1. The maximum Gasteiger partial charge on any atom is 0.573 e. The van der Waals surface area contributed by atoms with Crippen LogP contribution in [0.3, 0.4) is 0 Å². The number of hydrogen-bond acceptors (Lipinski definition) is 7. The molecular formula is C23H19F3N2O7. The number of fused-ring (bicyclic) bond motifs is 1. The topological polar surface area (TPSA) is 111 Å². The summed E-state index contributed by atoms with van der Waals surface area (Å²) in [4.78, 5) is 50.8. The molecule has 2 aromatic rings. The van der Waals surface area contributed by atoms with Gasteiger partial charge in [-0.05, 0) is 55.3 Å². The molecule has 1 N–H and O–H groups in total. The number of carbonyl (C=O) groups is 4. The fraction of sp³-hybridized carbons (Fsp3) is 0.304. The molecule has 12 heteroatoms. The van der Waals surface area contributed by atoms with Gasteiger partial charge in [0.05, 0.1) is 29.3 Å². The van der Waals surface area contributed by atoms with Crippen molar-refractivity contribution >= 4 is 29.4 Å². The Balaban J connectivity index is 1.32. The minimum Gasteiger partial charge on any atom is -0.452 e. The number of nitrogens with zero attached hydrogens (tertiary/aromatic N) is 1. The summed E-state index contributed by atoms with van der Waals surface area (Å²) < 4.78 is 50.8. The molecule has 9 nitrogen and oxygen atoms in total. The second-order valence-corrected chi connectivity index (χ2v) is 7.81. The molecule has 3 amide bonds. The second kappa shape index (κ2) is 9.74. The number of carbonyl (C=O) groups excluding carboxylic acids is 4. The smallest absolute Gasteiger partial charge is 0.452 e. The Hall–Kier alpha value is -3.93. The van der Waals surface area contributed by atoms with E-state index in [0.717, 1.165) is 29.9 Å². The van der Waals surface area contributed by atoms with E-state index >= 15 is 0 Å².